The average Bonchev–Trinajstić information content (AvgIpc) is 1.57. The van der Waals surface area contributed by atoms with E-state index in [4.69, 9.17) is 74.8 Å². The lowest BCUT2D eigenvalue weighted by atomic mass is 9.94. The van der Waals surface area contributed by atoms with Crippen LogP contribution in [0.5, 0.6) is 0 Å². The molecule has 0 amide bonds. The molecule has 7 aromatic heterocycles. The molecule has 0 bridgehead atoms. The van der Waals surface area contributed by atoms with E-state index < -0.39 is 0 Å². The van der Waals surface area contributed by atoms with E-state index in [2.05, 4.69) is 130 Å². The van der Waals surface area contributed by atoms with E-state index in [-0.39, 0.29) is 0 Å². The van der Waals surface area contributed by atoms with E-state index in [1.54, 1.807) is 0 Å². The summed E-state index contributed by atoms with van der Waals surface area (Å²) in [6.07, 6.45) is 0. The number of nitriles is 1. The molecule has 0 aliphatic heterocycles. The van der Waals surface area contributed by atoms with Gasteiger partial charge in [-0.3, -0.25) is 0 Å². The van der Waals surface area contributed by atoms with Gasteiger partial charge in [0.05, 0.1) is 45.1 Å². The van der Waals surface area contributed by atoms with E-state index in [0.29, 0.717) is 98.5 Å². The molecular weight excluding hydrogens is 1670 g/mol. The third-order valence-electron chi connectivity index (χ3n) is 24.4. The second kappa shape index (κ2) is 34.7. The van der Waals surface area contributed by atoms with Crippen molar-refractivity contribution in [3.63, 3.8) is 0 Å². The Labute approximate surface area is 780 Å². The van der Waals surface area contributed by atoms with Gasteiger partial charge in [-0.1, -0.05) is 328 Å². The van der Waals surface area contributed by atoms with Crippen molar-refractivity contribution in [1.82, 2.24) is 83.9 Å². The van der Waals surface area contributed by atoms with Gasteiger partial charge in [-0.25, -0.2) is 74.8 Å². The summed E-state index contributed by atoms with van der Waals surface area (Å²) < 4.78 is 4.65. The lowest BCUT2D eigenvalue weighted by Crippen LogP contribution is -2.05. The van der Waals surface area contributed by atoms with Crippen LogP contribution < -0.4 is 0 Å². The Morgan fingerprint density at radius 2 is 0.338 bits per heavy atom. The third kappa shape index (κ3) is 15.4. The summed E-state index contributed by atoms with van der Waals surface area (Å²) in [6, 6.07) is 149. The second-order valence-corrected chi connectivity index (χ2v) is 32.9. The third-order valence-corrected chi connectivity index (χ3v) is 24.4. The number of rotatable bonds is 19. The molecule has 0 aliphatic carbocycles. The first-order chi connectivity index (χ1) is 67.3. The quantitative estimate of drug-likeness (QED) is 0.0733. The smallest absolute Gasteiger partial charge is 0.166 e. The fourth-order valence-corrected chi connectivity index (χ4v) is 17.8. The second-order valence-electron chi connectivity index (χ2n) is 32.9. The molecule has 136 heavy (non-hydrogen) atoms. The summed E-state index contributed by atoms with van der Waals surface area (Å²) in [5, 5.41) is 14.2. The summed E-state index contributed by atoms with van der Waals surface area (Å²) in [4.78, 5) is 79.7. The fraction of sp³-hybridized carbons (Fsp3) is 0. The topological polar surface area (TPSA) is 227 Å². The number of hydrogen-bond acceptors (Lipinski definition) is 16. The van der Waals surface area contributed by atoms with E-state index in [1.807, 2.05) is 322 Å². The highest BCUT2D eigenvalue weighted by Gasteiger charge is 2.28. The molecule has 0 N–H and O–H groups in total. The van der Waals surface area contributed by atoms with E-state index in [1.165, 1.54) is 0 Å². The van der Waals surface area contributed by atoms with Crippen molar-refractivity contribution < 1.29 is 0 Å². The highest BCUT2D eigenvalue weighted by molar-refractivity contribution is 6.14. The maximum atomic E-state index is 10.6. The molecule has 0 aliphatic rings. The van der Waals surface area contributed by atoms with Crippen LogP contribution in [0.15, 0.2) is 437 Å². The standard InChI is InChI=1S/C118H72N18/c119-73-74-32-31-53-85(66-74)86-54-60-98(135-99-62-56-88(114-125-104(75-33-11-1-12-34-75)120-105(126-114)76-35-13-2-14-36-76)69-93(99)94-70-89(57-63-100(94)135)115-127-106(77-37-15-3-16-38-77)121-107(128-115)78-39-17-4-18-40-78)92(67-86)87-55-61-103(97(68-87)118-133-112(83-49-27-9-28-50-83)124-113(134-118)84-51-29-10-30-52-84)136-101-64-58-90(116-129-108(79-41-19-5-20-42-79)122-109(130-116)80-43-21-6-22-44-80)71-95(101)96-72-91(59-65-102(96)136)117-131-110(81-45-23-7-24-46-81)123-111(132-117)82-47-25-8-26-48-82/h1-72H. The first kappa shape index (κ1) is 80.2. The van der Waals surface area contributed by atoms with E-state index >= 15 is 0 Å². The molecule has 0 saturated carbocycles. The maximum absolute atomic E-state index is 10.6. The molecule has 18 nitrogen and oxygen atoms in total. The van der Waals surface area contributed by atoms with Crippen LogP contribution in [0.3, 0.4) is 0 Å². The van der Waals surface area contributed by atoms with Crippen molar-refractivity contribution in [1.29, 1.82) is 5.26 Å². The van der Waals surface area contributed by atoms with Gasteiger partial charge in [0.1, 0.15) is 0 Å². The van der Waals surface area contributed by atoms with Crippen LogP contribution in [0.1, 0.15) is 5.56 Å². The van der Waals surface area contributed by atoms with Gasteiger partial charge in [-0.2, -0.15) is 5.26 Å². The Kier molecular flexibility index (Phi) is 20.5. The average molecular weight is 1740 g/mol. The first-order valence-electron chi connectivity index (χ1n) is 44.6. The monoisotopic (exact) mass is 1740 g/mol. The summed E-state index contributed by atoms with van der Waals surface area (Å²) in [5.74, 6) is 7.56. The molecule has 24 rings (SSSR count). The van der Waals surface area contributed by atoms with Crippen molar-refractivity contribution in [2.24, 2.45) is 0 Å². The fourth-order valence-electron chi connectivity index (χ4n) is 17.8. The highest BCUT2D eigenvalue weighted by Crippen LogP contribution is 2.46. The highest BCUT2D eigenvalue weighted by atomic mass is 15.1. The molecule has 18 heteroatoms. The molecule has 0 saturated heterocycles. The summed E-state index contributed by atoms with van der Waals surface area (Å²) in [6.45, 7) is 0. The SMILES string of the molecule is N#Cc1cccc(-c2ccc(-n3c4ccc(-c5nc(-c6ccccc6)nc(-c6ccccc6)n5)cc4c4cc(-c5nc(-c6ccccc6)nc(-c6ccccc6)n5)ccc43)c(-c3ccc(-n4c5ccc(-c6nc(-c7ccccc7)nc(-c7ccccc7)n6)cc5c5cc(-c6nc(-c7ccccc7)nc(-c7ccccc7)n6)ccc54)c(-c4nc(-c5ccccc5)nc(-c5ccccc5)n4)c3)c2)c1. The molecule has 0 spiro atoms. The zero-order valence-electron chi connectivity index (χ0n) is 72.6. The van der Waals surface area contributed by atoms with Crippen LogP contribution in [-0.2, 0) is 0 Å². The van der Waals surface area contributed by atoms with Crippen molar-refractivity contribution >= 4 is 43.6 Å². The molecule has 634 valence electrons. The minimum Gasteiger partial charge on any atom is -0.309 e. The van der Waals surface area contributed by atoms with Gasteiger partial charge in [0.25, 0.3) is 0 Å². The molecule has 24 aromatic rings. The van der Waals surface area contributed by atoms with Gasteiger partial charge < -0.3 is 9.13 Å². The number of aromatic nitrogens is 17. The lowest BCUT2D eigenvalue weighted by Gasteiger charge is -2.19. The number of nitrogens with zero attached hydrogens (tertiary/aromatic N) is 18. The number of hydrogen-bond donors (Lipinski definition) is 0. The minimum absolute atomic E-state index is 0.400. The van der Waals surface area contributed by atoms with Crippen LogP contribution in [0.25, 0.3) is 248 Å². The molecule has 0 atom stereocenters. The van der Waals surface area contributed by atoms with Gasteiger partial charge in [-0.05, 0) is 126 Å². The Morgan fingerprint density at radius 3 is 0.581 bits per heavy atom. The molecule has 7 heterocycles. The summed E-state index contributed by atoms with van der Waals surface area (Å²) in [7, 11) is 0. The minimum atomic E-state index is 0.400. The molecule has 0 fully saturated rings. The summed E-state index contributed by atoms with van der Waals surface area (Å²) >= 11 is 0. The Hall–Kier alpha value is -19.1. The number of benzene rings is 17. The predicted octanol–water partition coefficient (Wildman–Crippen LogP) is 27.0. The van der Waals surface area contributed by atoms with Gasteiger partial charge in [0, 0.05) is 111 Å². The van der Waals surface area contributed by atoms with Gasteiger partial charge in [0.15, 0.2) is 87.4 Å². The van der Waals surface area contributed by atoms with Crippen LogP contribution in [0.4, 0.5) is 0 Å². The van der Waals surface area contributed by atoms with Crippen molar-refractivity contribution in [2.45, 2.75) is 0 Å². The molecule has 0 radical (unpaired) electrons. The maximum Gasteiger partial charge on any atom is 0.166 e. The lowest BCUT2D eigenvalue weighted by molar-refractivity contribution is 1.06. The zero-order chi connectivity index (χ0) is 90.4. The first-order valence-corrected chi connectivity index (χ1v) is 44.6. The van der Waals surface area contributed by atoms with E-state index in [0.717, 1.165) is 155 Å². The van der Waals surface area contributed by atoms with Gasteiger partial charge in [0.2, 0.25) is 0 Å². The Balaban J connectivity index is 0.774. The van der Waals surface area contributed by atoms with Crippen LogP contribution >= 0.6 is 0 Å². The zero-order valence-corrected chi connectivity index (χ0v) is 72.6. The molecule has 0 unspecified atom stereocenters. The number of fused-ring (bicyclic) bond motifs is 6. The Morgan fingerprint density at radius 1 is 0.147 bits per heavy atom. The van der Waals surface area contributed by atoms with Crippen LogP contribution in [0, 0.1) is 11.3 Å². The van der Waals surface area contributed by atoms with Crippen LogP contribution in [-0.4, -0.2) is 83.9 Å². The largest absolute Gasteiger partial charge is 0.309 e. The normalized spacial score (nSPS) is 11.4. The van der Waals surface area contributed by atoms with Crippen molar-refractivity contribution in [3.8, 4) is 211 Å². The molecule has 17 aromatic carbocycles. The summed E-state index contributed by atoms with van der Waals surface area (Å²) in [5.41, 5.74) is 20.9. The molecular formula is C118H72N18. The van der Waals surface area contributed by atoms with Gasteiger partial charge >= 0.3 is 0 Å². The predicted molar refractivity (Wildman–Crippen MR) is 539 cm³/mol. The van der Waals surface area contributed by atoms with E-state index in [9.17, 15) is 5.26 Å². The van der Waals surface area contributed by atoms with Crippen molar-refractivity contribution in [3.05, 3.63) is 442 Å². The van der Waals surface area contributed by atoms with Crippen molar-refractivity contribution in [2.75, 3.05) is 0 Å². The van der Waals surface area contributed by atoms with Gasteiger partial charge in [-0.15, -0.1) is 0 Å². The Bertz CT molecular complexity index is 8100. The van der Waals surface area contributed by atoms with Crippen LogP contribution in [0.2, 0.25) is 0 Å².